The first kappa shape index (κ1) is 28.8. The van der Waals surface area contributed by atoms with E-state index in [1.807, 2.05) is 0 Å². The number of hydrogen-bond acceptors (Lipinski definition) is 6. The number of fused-ring (bicyclic) bond motifs is 1. The highest BCUT2D eigenvalue weighted by Crippen LogP contribution is 2.16. The van der Waals surface area contributed by atoms with E-state index < -0.39 is 65.4 Å². The van der Waals surface area contributed by atoms with E-state index >= 15 is 0 Å². The van der Waals surface area contributed by atoms with Crippen molar-refractivity contribution in [3.05, 3.63) is 81.0 Å². The Morgan fingerprint density at radius 3 is 2.23 bits per heavy atom. The number of rotatable bonds is 12. The third kappa shape index (κ3) is 6.98. The van der Waals surface area contributed by atoms with Gasteiger partial charge in [0.15, 0.2) is 0 Å². The summed E-state index contributed by atoms with van der Waals surface area (Å²) >= 11 is 0. The van der Waals surface area contributed by atoms with Crippen LogP contribution in [0.5, 0.6) is 0 Å². The highest BCUT2D eigenvalue weighted by molar-refractivity contribution is 5.93. The number of hydrogen-bond donors (Lipinski definition) is 5. The molecule has 0 aliphatic rings. The molecule has 39 heavy (non-hydrogen) atoms. The van der Waals surface area contributed by atoms with Crippen molar-refractivity contribution in [3.63, 3.8) is 0 Å². The first-order chi connectivity index (χ1) is 18.5. The summed E-state index contributed by atoms with van der Waals surface area (Å²) in [4.78, 5) is 78.8. The van der Waals surface area contributed by atoms with Gasteiger partial charge in [-0.15, -0.1) is 0 Å². The first-order valence-electron chi connectivity index (χ1n) is 12.4. The number of amides is 3. The molecule has 12 heteroatoms. The zero-order chi connectivity index (χ0) is 28.7. The minimum atomic E-state index is -1.59. The topological polar surface area (TPSA) is 193 Å². The number of nitrogens with zero attached hydrogens (tertiary/aromatic N) is 1. The number of H-pyrrole nitrogens is 1. The predicted molar refractivity (Wildman–Crippen MR) is 143 cm³/mol. The lowest BCUT2D eigenvalue weighted by Gasteiger charge is -2.27. The van der Waals surface area contributed by atoms with E-state index in [1.165, 1.54) is 6.07 Å². The molecule has 6 N–H and O–H groups in total. The monoisotopic (exact) mass is 537 g/mol. The van der Waals surface area contributed by atoms with Crippen LogP contribution in [0.2, 0.25) is 0 Å². The molecule has 3 rings (SSSR count). The number of carboxylic acids is 1. The van der Waals surface area contributed by atoms with Crippen molar-refractivity contribution in [2.45, 2.75) is 51.2 Å². The lowest BCUT2D eigenvalue weighted by Crippen LogP contribution is -2.56. The molecule has 0 radical (unpaired) electrons. The summed E-state index contributed by atoms with van der Waals surface area (Å²) in [6.45, 7) is 3.45. The van der Waals surface area contributed by atoms with Crippen LogP contribution in [0, 0.1) is 5.92 Å². The number of aromatic amines is 1. The molecule has 0 aliphatic carbocycles. The van der Waals surface area contributed by atoms with E-state index in [-0.39, 0.29) is 11.8 Å². The van der Waals surface area contributed by atoms with Gasteiger partial charge in [0.25, 0.3) is 5.56 Å². The lowest BCUT2D eigenvalue weighted by atomic mass is 9.96. The quantitative estimate of drug-likeness (QED) is 0.221. The molecular weight excluding hydrogens is 506 g/mol. The highest BCUT2D eigenvalue weighted by Gasteiger charge is 2.34. The Labute approximate surface area is 223 Å². The van der Waals surface area contributed by atoms with Gasteiger partial charge in [-0.2, -0.15) is 0 Å². The molecule has 0 bridgehead atoms. The average molecular weight is 538 g/mol. The maximum absolute atomic E-state index is 13.7. The second-order valence-electron chi connectivity index (χ2n) is 9.30. The standard InChI is InChI=1S/C27H31N5O7/c1-3-15(2)22(24(35)29-19(26(37)38)14-21(28)33)31-23(34)20(13-16-9-5-4-6-10-16)32-25(36)17-11-7-8-12-18(17)30-27(32)39/h4-12,15,19-20,22H,3,13-14H2,1-2H3,(H2,28,33)(H,29,35)(H,30,39)(H,31,34)(H,37,38)/t15-,19-,20-,22-/m0/s1. The maximum Gasteiger partial charge on any atom is 0.329 e. The van der Waals surface area contributed by atoms with Gasteiger partial charge >= 0.3 is 11.7 Å². The van der Waals surface area contributed by atoms with Crippen LogP contribution in [-0.2, 0) is 25.6 Å². The molecule has 0 fully saturated rings. The van der Waals surface area contributed by atoms with Crippen LogP contribution in [0.15, 0.2) is 64.2 Å². The molecule has 4 atom stereocenters. The van der Waals surface area contributed by atoms with E-state index in [4.69, 9.17) is 5.73 Å². The van der Waals surface area contributed by atoms with Crippen molar-refractivity contribution in [3.8, 4) is 0 Å². The van der Waals surface area contributed by atoms with Gasteiger partial charge in [-0.25, -0.2) is 14.2 Å². The van der Waals surface area contributed by atoms with Gasteiger partial charge < -0.3 is 26.5 Å². The Bertz CT molecular complexity index is 1480. The Balaban J connectivity index is 2.02. The summed E-state index contributed by atoms with van der Waals surface area (Å²) in [7, 11) is 0. The van der Waals surface area contributed by atoms with Gasteiger partial charge in [0.05, 0.1) is 17.3 Å². The molecule has 206 valence electrons. The number of aromatic nitrogens is 2. The summed E-state index contributed by atoms with van der Waals surface area (Å²) in [5.74, 6) is -4.49. The van der Waals surface area contributed by atoms with Crippen LogP contribution in [0.1, 0.15) is 38.3 Å². The third-order valence-corrected chi connectivity index (χ3v) is 6.54. The molecule has 3 aromatic rings. The normalized spacial score (nSPS) is 14.1. The van der Waals surface area contributed by atoms with Crippen LogP contribution >= 0.6 is 0 Å². The third-order valence-electron chi connectivity index (χ3n) is 6.54. The van der Waals surface area contributed by atoms with Crippen LogP contribution in [0.3, 0.4) is 0 Å². The number of carboxylic acid groups (broad SMARTS) is 1. The van der Waals surface area contributed by atoms with E-state index in [9.17, 15) is 33.9 Å². The Morgan fingerprint density at radius 1 is 0.974 bits per heavy atom. The fraction of sp³-hybridized carbons (Fsp3) is 0.333. The molecule has 1 aromatic heterocycles. The number of nitrogens with two attached hydrogens (primary N) is 1. The summed E-state index contributed by atoms with van der Waals surface area (Å²) in [5, 5.41) is 14.5. The predicted octanol–water partition coefficient (Wildman–Crippen LogP) is 0.449. The van der Waals surface area contributed by atoms with Crippen molar-refractivity contribution >= 4 is 34.6 Å². The molecule has 0 aliphatic heterocycles. The molecule has 1 heterocycles. The van der Waals surface area contributed by atoms with E-state index in [2.05, 4.69) is 15.6 Å². The summed E-state index contributed by atoms with van der Waals surface area (Å²) in [6, 6.07) is 11.0. The van der Waals surface area contributed by atoms with Gasteiger partial charge in [-0.3, -0.25) is 19.2 Å². The van der Waals surface area contributed by atoms with Crippen molar-refractivity contribution in [1.82, 2.24) is 20.2 Å². The number of carbonyl (C=O) groups is 4. The minimum Gasteiger partial charge on any atom is -0.480 e. The molecule has 0 spiro atoms. The van der Waals surface area contributed by atoms with Crippen LogP contribution in [0.25, 0.3) is 10.9 Å². The van der Waals surface area contributed by atoms with Gasteiger partial charge in [-0.1, -0.05) is 62.7 Å². The van der Waals surface area contributed by atoms with Gasteiger partial charge in [-0.05, 0) is 23.6 Å². The van der Waals surface area contributed by atoms with E-state index in [0.29, 0.717) is 17.5 Å². The second kappa shape index (κ2) is 12.7. The first-order valence-corrected chi connectivity index (χ1v) is 12.4. The maximum atomic E-state index is 13.7. The smallest absolute Gasteiger partial charge is 0.329 e. The highest BCUT2D eigenvalue weighted by atomic mass is 16.4. The Morgan fingerprint density at radius 2 is 1.62 bits per heavy atom. The van der Waals surface area contributed by atoms with Gasteiger partial charge in [0, 0.05) is 6.42 Å². The molecule has 2 aromatic carbocycles. The fourth-order valence-corrected chi connectivity index (χ4v) is 4.21. The largest absolute Gasteiger partial charge is 0.480 e. The van der Waals surface area contributed by atoms with Crippen molar-refractivity contribution in [2.75, 3.05) is 0 Å². The zero-order valence-electron chi connectivity index (χ0n) is 21.5. The Kier molecular flexibility index (Phi) is 9.37. The number of primary amides is 1. The average Bonchev–Trinajstić information content (AvgIpc) is 2.90. The van der Waals surface area contributed by atoms with Crippen LogP contribution < -0.4 is 27.6 Å². The molecule has 3 amide bonds. The number of nitrogens with one attached hydrogen (secondary N) is 3. The minimum absolute atomic E-state index is 0.0394. The van der Waals surface area contributed by atoms with Crippen LogP contribution in [-0.4, -0.2) is 50.4 Å². The molecular formula is C27H31N5O7. The van der Waals surface area contributed by atoms with E-state index in [1.54, 1.807) is 62.4 Å². The van der Waals surface area contributed by atoms with Gasteiger partial charge in [0.2, 0.25) is 17.7 Å². The molecule has 12 nitrogen and oxygen atoms in total. The second-order valence-corrected chi connectivity index (χ2v) is 9.30. The molecule has 0 saturated carbocycles. The number of aliphatic carboxylic acids is 1. The fourth-order valence-electron chi connectivity index (χ4n) is 4.21. The number of para-hydroxylation sites is 1. The van der Waals surface area contributed by atoms with Crippen LogP contribution in [0.4, 0.5) is 0 Å². The van der Waals surface area contributed by atoms with Gasteiger partial charge in [0.1, 0.15) is 18.1 Å². The molecule has 0 saturated heterocycles. The molecule has 0 unspecified atom stereocenters. The van der Waals surface area contributed by atoms with E-state index in [0.717, 1.165) is 4.57 Å². The van der Waals surface area contributed by atoms with Crippen molar-refractivity contribution < 1.29 is 24.3 Å². The summed E-state index contributed by atoms with van der Waals surface area (Å²) in [6.07, 6.45) is -0.255. The summed E-state index contributed by atoms with van der Waals surface area (Å²) < 4.78 is 0.823. The van der Waals surface area contributed by atoms with Crippen molar-refractivity contribution in [2.24, 2.45) is 11.7 Å². The number of benzene rings is 2. The summed E-state index contributed by atoms with van der Waals surface area (Å²) in [5.41, 5.74) is 4.60. The lowest BCUT2D eigenvalue weighted by molar-refractivity contribution is -0.144. The van der Waals surface area contributed by atoms with Crippen molar-refractivity contribution in [1.29, 1.82) is 0 Å². The SMILES string of the molecule is CC[C@H](C)[C@H](NC(=O)[C@H](Cc1ccccc1)n1c(=O)[nH]c2ccccc2c1=O)C(=O)N[C@@H](CC(N)=O)C(=O)O. The Hall–Kier alpha value is -4.74. The zero-order valence-corrected chi connectivity index (χ0v) is 21.5. The number of carbonyl (C=O) groups excluding carboxylic acids is 3.